The van der Waals surface area contributed by atoms with Crippen LogP contribution in [0.3, 0.4) is 0 Å². The zero-order chi connectivity index (χ0) is 15.7. The quantitative estimate of drug-likeness (QED) is 0.755. The molecule has 1 amide bonds. The van der Waals surface area contributed by atoms with E-state index in [-0.39, 0.29) is 0 Å². The van der Waals surface area contributed by atoms with E-state index in [0.29, 0.717) is 16.2 Å². The standard InChI is InChI=1S/C15H17N5OS/c1-2-3-4-12-19-13-10(5-6-18-14(13)16)20(12)9-7-11(15(17)21)22-8-9/h5-8H,2-4H2,1H3,(H2,16,18)(H2,17,21). The van der Waals surface area contributed by atoms with E-state index in [1.165, 1.54) is 11.3 Å². The Kier molecular flexibility index (Phi) is 3.81. The van der Waals surface area contributed by atoms with E-state index in [9.17, 15) is 4.79 Å². The highest BCUT2D eigenvalue weighted by Gasteiger charge is 2.16. The lowest BCUT2D eigenvalue weighted by molar-refractivity contribution is 0.100. The van der Waals surface area contributed by atoms with Gasteiger partial charge in [-0.2, -0.15) is 0 Å². The average molecular weight is 315 g/mol. The predicted octanol–water partition coefficient (Wildman–Crippen LogP) is 2.51. The summed E-state index contributed by atoms with van der Waals surface area (Å²) in [4.78, 5) is 20.6. The van der Waals surface area contributed by atoms with Gasteiger partial charge in [0.2, 0.25) is 0 Å². The number of unbranched alkanes of at least 4 members (excludes halogenated alkanes) is 1. The molecular formula is C15H17N5OS. The minimum atomic E-state index is -0.419. The van der Waals surface area contributed by atoms with Crippen molar-refractivity contribution >= 4 is 34.1 Å². The second kappa shape index (κ2) is 5.76. The number of rotatable bonds is 5. The van der Waals surface area contributed by atoms with Crippen LogP contribution in [-0.2, 0) is 6.42 Å². The zero-order valence-electron chi connectivity index (χ0n) is 12.2. The van der Waals surface area contributed by atoms with E-state index in [0.717, 1.165) is 36.3 Å². The summed E-state index contributed by atoms with van der Waals surface area (Å²) in [7, 11) is 0. The lowest BCUT2D eigenvalue weighted by Gasteiger charge is -2.06. The number of anilines is 1. The molecule has 0 unspecified atom stereocenters. The second-order valence-electron chi connectivity index (χ2n) is 5.06. The second-order valence-corrected chi connectivity index (χ2v) is 5.98. The minimum absolute atomic E-state index is 0.416. The van der Waals surface area contributed by atoms with Crippen LogP contribution < -0.4 is 11.5 Å². The number of thiophene rings is 1. The third kappa shape index (κ3) is 2.43. The number of carbonyl (C=O) groups excluding carboxylic acids is 1. The molecule has 0 spiro atoms. The number of primary amides is 1. The molecule has 6 nitrogen and oxygen atoms in total. The number of hydrogen-bond donors (Lipinski definition) is 2. The van der Waals surface area contributed by atoms with Crippen LogP contribution in [0.5, 0.6) is 0 Å². The number of nitrogen functional groups attached to an aromatic ring is 1. The molecule has 3 aromatic heterocycles. The van der Waals surface area contributed by atoms with Crippen LogP contribution in [-0.4, -0.2) is 20.4 Å². The molecule has 114 valence electrons. The van der Waals surface area contributed by atoms with Gasteiger partial charge in [0, 0.05) is 18.0 Å². The topological polar surface area (TPSA) is 99.8 Å². The van der Waals surface area contributed by atoms with Crippen molar-refractivity contribution < 1.29 is 4.79 Å². The largest absolute Gasteiger partial charge is 0.382 e. The third-order valence-electron chi connectivity index (χ3n) is 3.51. The van der Waals surface area contributed by atoms with Crippen LogP contribution in [0.15, 0.2) is 23.7 Å². The van der Waals surface area contributed by atoms with Crippen molar-refractivity contribution in [2.45, 2.75) is 26.2 Å². The Hall–Kier alpha value is -2.41. The molecule has 0 bridgehead atoms. The third-order valence-corrected chi connectivity index (χ3v) is 4.44. The monoisotopic (exact) mass is 315 g/mol. The normalized spacial score (nSPS) is 11.1. The number of amides is 1. The van der Waals surface area contributed by atoms with Gasteiger partial charge < -0.3 is 11.5 Å². The molecule has 3 heterocycles. The molecule has 22 heavy (non-hydrogen) atoms. The fraction of sp³-hybridized carbons (Fsp3) is 0.267. The maximum Gasteiger partial charge on any atom is 0.258 e. The van der Waals surface area contributed by atoms with Gasteiger partial charge in [0.25, 0.3) is 5.91 Å². The molecule has 0 aliphatic carbocycles. The van der Waals surface area contributed by atoms with Crippen molar-refractivity contribution in [3.63, 3.8) is 0 Å². The zero-order valence-corrected chi connectivity index (χ0v) is 13.1. The van der Waals surface area contributed by atoms with E-state index in [4.69, 9.17) is 11.5 Å². The smallest absolute Gasteiger partial charge is 0.258 e. The molecular weight excluding hydrogens is 298 g/mol. The van der Waals surface area contributed by atoms with Gasteiger partial charge in [0.05, 0.1) is 16.1 Å². The predicted molar refractivity (Wildman–Crippen MR) is 88.3 cm³/mol. The van der Waals surface area contributed by atoms with Gasteiger partial charge in [0.1, 0.15) is 11.3 Å². The summed E-state index contributed by atoms with van der Waals surface area (Å²) in [6, 6.07) is 3.68. The minimum Gasteiger partial charge on any atom is -0.382 e. The molecule has 0 aliphatic rings. The maximum absolute atomic E-state index is 11.3. The van der Waals surface area contributed by atoms with Gasteiger partial charge in [-0.1, -0.05) is 13.3 Å². The van der Waals surface area contributed by atoms with Crippen LogP contribution >= 0.6 is 11.3 Å². The first-order valence-corrected chi connectivity index (χ1v) is 8.00. The van der Waals surface area contributed by atoms with Gasteiger partial charge >= 0.3 is 0 Å². The van der Waals surface area contributed by atoms with E-state index >= 15 is 0 Å². The Balaban J connectivity index is 2.20. The summed E-state index contributed by atoms with van der Waals surface area (Å²) in [5, 5.41) is 1.91. The Bertz CT molecular complexity index is 836. The highest BCUT2D eigenvalue weighted by atomic mass is 32.1. The Morgan fingerprint density at radius 3 is 2.95 bits per heavy atom. The summed E-state index contributed by atoms with van der Waals surface area (Å²) >= 11 is 1.33. The lowest BCUT2D eigenvalue weighted by atomic mass is 10.2. The van der Waals surface area contributed by atoms with Gasteiger partial charge in [-0.15, -0.1) is 11.3 Å². The fourth-order valence-corrected chi connectivity index (χ4v) is 3.16. The number of aromatic nitrogens is 3. The first-order valence-electron chi connectivity index (χ1n) is 7.12. The van der Waals surface area contributed by atoms with E-state index < -0.39 is 5.91 Å². The summed E-state index contributed by atoms with van der Waals surface area (Å²) < 4.78 is 2.03. The molecule has 0 aliphatic heterocycles. The van der Waals surface area contributed by atoms with Crippen LogP contribution in [0.4, 0.5) is 5.82 Å². The summed E-state index contributed by atoms with van der Waals surface area (Å²) in [6.45, 7) is 2.14. The van der Waals surface area contributed by atoms with Gasteiger partial charge in [0.15, 0.2) is 5.82 Å². The number of nitrogens with zero attached hydrogens (tertiary/aromatic N) is 3. The molecule has 7 heteroatoms. The number of pyridine rings is 1. The molecule has 4 N–H and O–H groups in total. The summed E-state index contributed by atoms with van der Waals surface area (Å²) in [6.07, 6.45) is 4.61. The highest BCUT2D eigenvalue weighted by molar-refractivity contribution is 7.12. The molecule has 0 saturated carbocycles. The Labute approximate surface area is 131 Å². The van der Waals surface area contributed by atoms with Gasteiger partial charge in [-0.05, 0) is 18.6 Å². The lowest BCUT2D eigenvalue weighted by Crippen LogP contribution is -2.08. The number of hydrogen-bond acceptors (Lipinski definition) is 5. The molecule has 0 aromatic carbocycles. The van der Waals surface area contributed by atoms with Crippen LogP contribution in [0.25, 0.3) is 16.7 Å². The summed E-state index contributed by atoms with van der Waals surface area (Å²) in [5.74, 6) is 0.918. The van der Waals surface area contributed by atoms with E-state index in [1.54, 1.807) is 12.3 Å². The van der Waals surface area contributed by atoms with Crippen molar-refractivity contribution in [3.8, 4) is 5.69 Å². The van der Waals surface area contributed by atoms with Gasteiger partial charge in [-0.25, -0.2) is 9.97 Å². The Morgan fingerprint density at radius 1 is 1.45 bits per heavy atom. The first kappa shape index (κ1) is 14.5. The van der Waals surface area contributed by atoms with E-state index in [1.807, 2.05) is 16.0 Å². The van der Waals surface area contributed by atoms with Crippen LogP contribution in [0, 0.1) is 0 Å². The number of carbonyl (C=O) groups is 1. The number of aryl methyl sites for hydroxylation is 1. The number of nitrogens with two attached hydrogens (primary N) is 2. The van der Waals surface area contributed by atoms with Crippen molar-refractivity contribution in [1.29, 1.82) is 0 Å². The molecule has 0 atom stereocenters. The van der Waals surface area contributed by atoms with E-state index in [2.05, 4.69) is 16.9 Å². The Morgan fingerprint density at radius 2 is 2.27 bits per heavy atom. The number of imidazole rings is 1. The fourth-order valence-electron chi connectivity index (χ4n) is 2.44. The van der Waals surface area contributed by atoms with Crippen molar-refractivity contribution in [2.75, 3.05) is 5.73 Å². The molecule has 0 radical (unpaired) electrons. The molecule has 3 aromatic rings. The maximum atomic E-state index is 11.3. The SMILES string of the molecule is CCCCc1nc2c(N)nccc2n1-c1csc(C(N)=O)c1. The van der Waals surface area contributed by atoms with Crippen LogP contribution in [0.1, 0.15) is 35.3 Å². The highest BCUT2D eigenvalue weighted by Crippen LogP contribution is 2.27. The molecule has 0 saturated heterocycles. The van der Waals surface area contributed by atoms with Crippen molar-refractivity contribution in [1.82, 2.24) is 14.5 Å². The first-order chi connectivity index (χ1) is 10.6. The molecule has 0 fully saturated rings. The molecule has 3 rings (SSSR count). The van der Waals surface area contributed by atoms with Crippen LogP contribution in [0.2, 0.25) is 0 Å². The van der Waals surface area contributed by atoms with Crippen molar-refractivity contribution in [2.24, 2.45) is 5.73 Å². The average Bonchev–Trinajstić information content (AvgIpc) is 3.09. The van der Waals surface area contributed by atoms with Crippen molar-refractivity contribution in [3.05, 3.63) is 34.4 Å². The summed E-state index contributed by atoms with van der Waals surface area (Å²) in [5.41, 5.74) is 13.8. The number of fused-ring (bicyclic) bond motifs is 1. The van der Waals surface area contributed by atoms with Gasteiger partial charge in [-0.3, -0.25) is 9.36 Å².